The number of hydrogen-bond acceptors (Lipinski definition) is 5. The number of nitrogens with zero attached hydrogens (tertiary/aromatic N) is 4. The zero-order valence-corrected chi connectivity index (χ0v) is 12.2. The molecule has 2 N–H and O–H groups in total. The van der Waals surface area contributed by atoms with Crippen LogP contribution in [-0.4, -0.2) is 43.2 Å². The molecule has 0 amide bonds. The second-order valence-electron chi connectivity index (χ2n) is 5.49. The highest BCUT2D eigenvalue weighted by Gasteiger charge is 2.27. The van der Waals surface area contributed by atoms with Gasteiger partial charge in [0.25, 0.3) is 0 Å². The predicted molar refractivity (Wildman–Crippen MR) is 79.6 cm³/mol. The summed E-state index contributed by atoms with van der Waals surface area (Å²) in [7, 11) is 3.92. The lowest BCUT2D eigenvalue weighted by atomic mass is 9.89. The monoisotopic (exact) mass is 263 g/mol. The third kappa shape index (κ3) is 3.15. The fraction of sp³-hybridized carbons (Fsp3) is 0.714. The maximum absolute atomic E-state index is 5.95. The van der Waals surface area contributed by atoms with Gasteiger partial charge in [-0.2, -0.15) is 4.98 Å². The molecule has 5 heteroatoms. The minimum absolute atomic E-state index is 0.406. The Morgan fingerprint density at radius 3 is 2.89 bits per heavy atom. The minimum Gasteiger partial charge on any atom is -0.352 e. The quantitative estimate of drug-likeness (QED) is 0.892. The Morgan fingerprint density at radius 1 is 1.47 bits per heavy atom. The number of rotatable bonds is 4. The molecule has 1 aromatic rings. The molecule has 1 aliphatic heterocycles. The number of piperidine rings is 1. The summed E-state index contributed by atoms with van der Waals surface area (Å²) in [5, 5.41) is 0. The van der Waals surface area contributed by atoms with Crippen LogP contribution in [0.5, 0.6) is 0 Å². The van der Waals surface area contributed by atoms with Gasteiger partial charge in [-0.1, -0.05) is 13.3 Å². The van der Waals surface area contributed by atoms with Crippen molar-refractivity contribution >= 4 is 11.8 Å². The molecule has 0 bridgehead atoms. The summed E-state index contributed by atoms with van der Waals surface area (Å²) in [6.07, 6.45) is 5.48. The molecule has 2 unspecified atom stereocenters. The largest absolute Gasteiger partial charge is 0.352 e. The zero-order valence-electron chi connectivity index (χ0n) is 12.2. The van der Waals surface area contributed by atoms with Gasteiger partial charge in [-0.25, -0.2) is 4.98 Å². The smallest absolute Gasteiger partial charge is 0.226 e. The normalized spacial score (nSPS) is 23.5. The fourth-order valence-electron chi connectivity index (χ4n) is 2.74. The average Bonchev–Trinajstić information content (AvgIpc) is 2.46. The van der Waals surface area contributed by atoms with E-state index in [2.05, 4.69) is 21.8 Å². The van der Waals surface area contributed by atoms with Gasteiger partial charge in [-0.15, -0.1) is 0 Å². The van der Waals surface area contributed by atoms with Crippen LogP contribution in [0.1, 0.15) is 26.2 Å². The third-order valence-corrected chi connectivity index (χ3v) is 4.00. The van der Waals surface area contributed by atoms with Crippen LogP contribution in [0.25, 0.3) is 0 Å². The van der Waals surface area contributed by atoms with Gasteiger partial charge in [0.05, 0.1) is 0 Å². The molecule has 1 fully saturated rings. The van der Waals surface area contributed by atoms with E-state index in [0.717, 1.165) is 24.2 Å². The standard InChI is InChI=1S/C14H25N5/c1-4-11-6-8-19(12(9-11)10-15)13-5-7-16-14(17-13)18(2)3/h5,7,11-12H,4,6,8-10,15H2,1-3H3. The van der Waals surface area contributed by atoms with Gasteiger partial charge < -0.3 is 15.5 Å². The van der Waals surface area contributed by atoms with Crippen LogP contribution in [0, 0.1) is 5.92 Å². The second-order valence-corrected chi connectivity index (χ2v) is 5.49. The van der Waals surface area contributed by atoms with Crippen LogP contribution in [0.3, 0.4) is 0 Å². The lowest BCUT2D eigenvalue weighted by Crippen LogP contribution is -2.47. The molecule has 0 aromatic carbocycles. The van der Waals surface area contributed by atoms with Crippen LogP contribution < -0.4 is 15.5 Å². The van der Waals surface area contributed by atoms with E-state index in [1.807, 2.05) is 31.3 Å². The Kier molecular flexibility index (Phi) is 4.58. The zero-order chi connectivity index (χ0) is 13.8. The van der Waals surface area contributed by atoms with Crippen LogP contribution in [-0.2, 0) is 0 Å². The molecule has 1 aromatic heterocycles. The Bertz CT molecular complexity index is 407. The molecule has 2 atom stereocenters. The van der Waals surface area contributed by atoms with E-state index in [0.29, 0.717) is 12.6 Å². The van der Waals surface area contributed by atoms with Gasteiger partial charge >= 0.3 is 0 Å². The maximum atomic E-state index is 5.95. The number of nitrogens with two attached hydrogens (primary N) is 1. The van der Waals surface area contributed by atoms with E-state index in [-0.39, 0.29) is 0 Å². The van der Waals surface area contributed by atoms with E-state index < -0.39 is 0 Å². The van der Waals surface area contributed by atoms with E-state index in [4.69, 9.17) is 5.73 Å². The summed E-state index contributed by atoms with van der Waals surface area (Å²) in [5.74, 6) is 2.56. The molecular weight excluding hydrogens is 238 g/mol. The second kappa shape index (κ2) is 6.19. The highest BCUT2D eigenvalue weighted by Crippen LogP contribution is 2.28. The first-order chi connectivity index (χ1) is 9.15. The summed E-state index contributed by atoms with van der Waals surface area (Å²) in [6.45, 7) is 4.00. The van der Waals surface area contributed by atoms with E-state index >= 15 is 0 Å². The van der Waals surface area contributed by atoms with Gasteiger partial charge in [-0.05, 0) is 24.8 Å². The van der Waals surface area contributed by atoms with Crippen molar-refractivity contribution in [1.82, 2.24) is 9.97 Å². The number of anilines is 2. The Hall–Kier alpha value is -1.36. The van der Waals surface area contributed by atoms with E-state index in [9.17, 15) is 0 Å². The van der Waals surface area contributed by atoms with Crippen molar-refractivity contribution in [2.45, 2.75) is 32.2 Å². The first-order valence-electron chi connectivity index (χ1n) is 7.12. The van der Waals surface area contributed by atoms with Gasteiger partial charge in [0.1, 0.15) is 5.82 Å². The van der Waals surface area contributed by atoms with E-state index in [1.54, 1.807) is 0 Å². The van der Waals surface area contributed by atoms with Crippen LogP contribution in [0.15, 0.2) is 12.3 Å². The number of aromatic nitrogens is 2. The Balaban J connectivity index is 2.18. The molecular formula is C14H25N5. The topological polar surface area (TPSA) is 58.3 Å². The molecule has 2 heterocycles. The molecule has 1 saturated heterocycles. The SMILES string of the molecule is CCC1CCN(c2ccnc(N(C)C)n2)C(CN)C1. The minimum atomic E-state index is 0.406. The van der Waals surface area contributed by atoms with Crippen LogP contribution in [0.4, 0.5) is 11.8 Å². The van der Waals surface area contributed by atoms with Crippen LogP contribution in [0.2, 0.25) is 0 Å². The maximum Gasteiger partial charge on any atom is 0.226 e. The van der Waals surface area contributed by atoms with Crippen LogP contribution >= 0.6 is 0 Å². The lowest BCUT2D eigenvalue weighted by Gasteiger charge is -2.39. The lowest BCUT2D eigenvalue weighted by molar-refractivity contribution is 0.334. The van der Waals surface area contributed by atoms with Crippen molar-refractivity contribution in [2.75, 3.05) is 37.0 Å². The first kappa shape index (κ1) is 14.1. The summed E-state index contributed by atoms with van der Waals surface area (Å²) in [6, 6.07) is 2.39. The molecule has 0 aliphatic carbocycles. The molecule has 5 nitrogen and oxygen atoms in total. The first-order valence-corrected chi connectivity index (χ1v) is 7.12. The van der Waals surface area contributed by atoms with E-state index in [1.165, 1.54) is 19.3 Å². The van der Waals surface area contributed by atoms with Gasteiger partial charge in [0, 0.05) is 39.4 Å². The Labute approximate surface area is 115 Å². The average molecular weight is 263 g/mol. The highest BCUT2D eigenvalue weighted by molar-refractivity contribution is 5.44. The van der Waals surface area contributed by atoms with Crippen molar-refractivity contribution in [3.63, 3.8) is 0 Å². The molecule has 106 valence electrons. The summed E-state index contributed by atoms with van der Waals surface area (Å²) in [4.78, 5) is 13.2. The summed E-state index contributed by atoms with van der Waals surface area (Å²) >= 11 is 0. The van der Waals surface area contributed by atoms with Gasteiger partial charge in [-0.3, -0.25) is 0 Å². The van der Waals surface area contributed by atoms with Crippen molar-refractivity contribution < 1.29 is 0 Å². The third-order valence-electron chi connectivity index (χ3n) is 4.00. The van der Waals surface area contributed by atoms with Gasteiger partial charge in [0.2, 0.25) is 5.95 Å². The highest BCUT2D eigenvalue weighted by atomic mass is 15.3. The molecule has 0 spiro atoms. The molecule has 0 saturated carbocycles. The predicted octanol–water partition coefficient (Wildman–Crippen LogP) is 1.50. The molecule has 19 heavy (non-hydrogen) atoms. The van der Waals surface area contributed by atoms with Crippen molar-refractivity contribution in [2.24, 2.45) is 11.7 Å². The van der Waals surface area contributed by atoms with Crippen molar-refractivity contribution in [1.29, 1.82) is 0 Å². The molecule has 2 rings (SSSR count). The molecule has 1 aliphatic rings. The molecule has 0 radical (unpaired) electrons. The Morgan fingerprint density at radius 2 is 2.26 bits per heavy atom. The number of hydrogen-bond donors (Lipinski definition) is 1. The van der Waals surface area contributed by atoms with Crippen molar-refractivity contribution in [3.8, 4) is 0 Å². The summed E-state index contributed by atoms with van der Waals surface area (Å²) in [5.41, 5.74) is 5.95. The van der Waals surface area contributed by atoms with Crippen molar-refractivity contribution in [3.05, 3.63) is 12.3 Å². The summed E-state index contributed by atoms with van der Waals surface area (Å²) < 4.78 is 0. The fourth-order valence-corrected chi connectivity index (χ4v) is 2.74. The van der Waals surface area contributed by atoms with Gasteiger partial charge in [0.15, 0.2) is 0 Å².